The molecule has 0 spiro atoms. The number of aliphatic carboxylic acids is 1. The number of nitrogens with two attached hydrogens (primary N) is 1. The second-order valence-electron chi connectivity index (χ2n) is 6.76. The van der Waals surface area contributed by atoms with Crippen LogP contribution in [0.2, 0.25) is 0 Å². The van der Waals surface area contributed by atoms with Crippen molar-refractivity contribution < 1.29 is 14.7 Å². The van der Waals surface area contributed by atoms with Crippen LogP contribution in [0.1, 0.15) is 52.4 Å². The molecular formula is C15H26N2O3. The van der Waals surface area contributed by atoms with Crippen LogP contribution < -0.4 is 5.73 Å². The molecule has 1 amide bonds. The van der Waals surface area contributed by atoms with Crippen molar-refractivity contribution in [3.05, 3.63) is 0 Å². The molecule has 0 radical (unpaired) electrons. The van der Waals surface area contributed by atoms with Gasteiger partial charge in [0.1, 0.15) is 6.04 Å². The predicted molar refractivity (Wildman–Crippen MR) is 76.1 cm³/mol. The first-order valence-corrected chi connectivity index (χ1v) is 7.68. The van der Waals surface area contributed by atoms with Gasteiger partial charge in [-0.25, -0.2) is 4.79 Å². The summed E-state index contributed by atoms with van der Waals surface area (Å²) in [6.45, 7) is 4.54. The Kier molecular flexibility index (Phi) is 4.37. The Labute approximate surface area is 120 Å². The van der Waals surface area contributed by atoms with E-state index in [0.29, 0.717) is 25.3 Å². The van der Waals surface area contributed by atoms with Crippen LogP contribution in [0.25, 0.3) is 0 Å². The van der Waals surface area contributed by atoms with Crippen LogP contribution in [0.4, 0.5) is 0 Å². The highest BCUT2D eigenvalue weighted by Crippen LogP contribution is 2.34. The Balaban J connectivity index is 2.19. The van der Waals surface area contributed by atoms with Gasteiger partial charge in [0, 0.05) is 6.54 Å². The van der Waals surface area contributed by atoms with Crippen molar-refractivity contribution in [2.45, 2.75) is 64.0 Å². The number of amides is 1. The second-order valence-corrected chi connectivity index (χ2v) is 6.76. The summed E-state index contributed by atoms with van der Waals surface area (Å²) < 4.78 is 0. The smallest absolute Gasteiger partial charge is 0.326 e. The van der Waals surface area contributed by atoms with Crippen LogP contribution in [-0.2, 0) is 9.59 Å². The number of carboxylic acids is 1. The molecule has 1 aliphatic heterocycles. The molecule has 5 nitrogen and oxygen atoms in total. The molecule has 20 heavy (non-hydrogen) atoms. The highest BCUT2D eigenvalue weighted by Gasteiger charge is 2.46. The summed E-state index contributed by atoms with van der Waals surface area (Å²) in [5.41, 5.74) is 5.49. The summed E-state index contributed by atoms with van der Waals surface area (Å²) in [5, 5.41) is 9.43. The predicted octanol–water partition coefficient (Wildman–Crippen LogP) is 1.61. The number of piperidine rings is 1. The Morgan fingerprint density at radius 3 is 2.55 bits per heavy atom. The maximum atomic E-state index is 12.8. The van der Waals surface area contributed by atoms with Gasteiger partial charge in [-0.1, -0.05) is 26.7 Å². The molecule has 1 aliphatic carbocycles. The first-order valence-electron chi connectivity index (χ1n) is 7.68. The molecule has 5 heteroatoms. The maximum Gasteiger partial charge on any atom is 0.326 e. The minimum absolute atomic E-state index is 0.00480. The number of rotatable bonds is 2. The van der Waals surface area contributed by atoms with E-state index >= 15 is 0 Å². The van der Waals surface area contributed by atoms with Gasteiger partial charge in [0.15, 0.2) is 0 Å². The van der Waals surface area contributed by atoms with E-state index in [1.54, 1.807) is 0 Å². The highest BCUT2D eigenvalue weighted by molar-refractivity contribution is 5.90. The molecule has 4 unspecified atom stereocenters. The van der Waals surface area contributed by atoms with Crippen molar-refractivity contribution in [1.82, 2.24) is 4.90 Å². The summed E-state index contributed by atoms with van der Waals surface area (Å²) >= 11 is 0. The molecule has 0 aromatic carbocycles. The van der Waals surface area contributed by atoms with Crippen LogP contribution in [0, 0.1) is 11.8 Å². The molecule has 1 saturated carbocycles. The van der Waals surface area contributed by atoms with E-state index in [1.165, 1.54) is 4.90 Å². The van der Waals surface area contributed by atoms with Gasteiger partial charge in [-0.05, 0) is 37.5 Å². The zero-order valence-corrected chi connectivity index (χ0v) is 12.5. The van der Waals surface area contributed by atoms with Crippen molar-refractivity contribution in [1.29, 1.82) is 0 Å². The molecule has 0 bridgehead atoms. The standard InChI is InChI=1S/C15H26N2O3/c1-10-5-3-7-15(16,9-10)14(20)17-8-4-6-11(2)12(17)13(18)19/h10-12H,3-9,16H2,1-2H3,(H,18,19). The average molecular weight is 282 g/mol. The van der Waals surface area contributed by atoms with Crippen LogP contribution in [-0.4, -0.2) is 40.0 Å². The first kappa shape index (κ1) is 15.3. The van der Waals surface area contributed by atoms with Crippen LogP contribution >= 0.6 is 0 Å². The number of carbonyl (C=O) groups is 2. The van der Waals surface area contributed by atoms with Crippen LogP contribution in [0.3, 0.4) is 0 Å². The number of hydrogen-bond donors (Lipinski definition) is 2. The number of carbonyl (C=O) groups excluding carboxylic acids is 1. The fourth-order valence-corrected chi connectivity index (χ4v) is 3.86. The molecule has 2 aliphatic rings. The molecule has 2 fully saturated rings. The van der Waals surface area contributed by atoms with E-state index in [0.717, 1.165) is 25.7 Å². The molecule has 1 saturated heterocycles. The third kappa shape index (κ3) is 2.82. The molecule has 0 aromatic rings. The van der Waals surface area contributed by atoms with E-state index in [-0.39, 0.29) is 11.8 Å². The molecule has 1 heterocycles. The normalized spacial score (nSPS) is 38.5. The largest absolute Gasteiger partial charge is 0.480 e. The topological polar surface area (TPSA) is 83.6 Å². The summed E-state index contributed by atoms with van der Waals surface area (Å²) in [5.74, 6) is -0.626. The van der Waals surface area contributed by atoms with E-state index in [1.807, 2.05) is 6.92 Å². The summed E-state index contributed by atoms with van der Waals surface area (Å²) in [6.07, 6.45) is 5.11. The lowest BCUT2D eigenvalue weighted by Crippen LogP contribution is -2.63. The number of likely N-dealkylation sites (tertiary alicyclic amines) is 1. The molecule has 0 aromatic heterocycles. The fourth-order valence-electron chi connectivity index (χ4n) is 3.86. The van der Waals surface area contributed by atoms with Gasteiger partial charge in [-0.2, -0.15) is 0 Å². The summed E-state index contributed by atoms with van der Waals surface area (Å²) in [7, 11) is 0. The molecular weight excluding hydrogens is 256 g/mol. The minimum Gasteiger partial charge on any atom is -0.480 e. The SMILES string of the molecule is CC1CCCC(N)(C(=O)N2CCCC(C)C2C(=O)O)C1. The monoisotopic (exact) mass is 282 g/mol. The Hall–Kier alpha value is -1.10. The van der Waals surface area contributed by atoms with Crippen molar-refractivity contribution >= 4 is 11.9 Å². The molecule has 114 valence electrons. The Morgan fingerprint density at radius 1 is 1.25 bits per heavy atom. The fraction of sp³-hybridized carbons (Fsp3) is 0.867. The lowest BCUT2D eigenvalue weighted by atomic mass is 9.75. The molecule has 4 atom stereocenters. The van der Waals surface area contributed by atoms with Gasteiger partial charge in [0.05, 0.1) is 5.54 Å². The van der Waals surface area contributed by atoms with Crippen molar-refractivity contribution in [3.63, 3.8) is 0 Å². The summed E-state index contributed by atoms with van der Waals surface area (Å²) in [4.78, 5) is 25.9. The summed E-state index contributed by atoms with van der Waals surface area (Å²) in [6, 6.07) is -0.714. The second kappa shape index (κ2) is 5.72. The van der Waals surface area contributed by atoms with Gasteiger partial charge in [-0.3, -0.25) is 4.79 Å². The zero-order valence-electron chi connectivity index (χ0n) is 12.5. The van der Waals surface area contributed by atoms with Crippen LogP contribution in [0.5, 0.6) is 0 Å². The molecule has 2 rings (SSSR count). The average Bonchev–Trinajstić information content (AvgIpc) is 2.36. The van der Waals surface area contributed by atoms with Gasteiger partial charge >= 0.3 is 5.97 Å². The quantitative estimate of drug-likeness (QED) is 0.806. The van der Waals surface area contributed by atoms with Crippen molar-refractivity contribution in [3.8, 4) is 0 Å². The first-order chi connectivity index (χ1) is 9.35. The number of nitrogens with zero attached hydrogens (tertiary/aromatic N) is 1. The van der Waals surface area contributed by atoms with Gasteiger partial charge < -0.3 is 15.7 Å². The van der Waals surface area contributed by atoms with E-state index in [9.17, 15) is 14.7 Å². The zero-order chi connectivity index (χ0) is 14.9. The highest BCUT2D eigenvalue weighted by atomic mass is 16.4. The third-order valence-corrected chi connectivity index (χ3v) is 4.91. The van der Waals surface area contributed by atoms with Gasteiger partial charge in [-0.15, -0.1) is 0 Å². The lowest BCUT2D eigenvalue weighted by Gasteiger charge is -2.44. The Morgan fingerprint density at radius 2 is 1.95 bits per heavy atom. The van der Waals surface area contributed by atoms with E-state index < -0.39 is 17.6 Å². The van der Waals surface area contributed by atoms with E-state index in [2.05, 4.69) is 6.92 Å². The number of hydrogen-bond acceptors (Lipinski definition) is 3. The van der Waals surface area contributed by atoms with Crippen molar-refractivity contribution in [2.24, 2.45) is 17.6 Å². The lowest BCUT2D eigenvalue weighted by molar-refractivity contribution is -0.158. The van der Waals surface area contributed by atoms with Crippen LogP contribution in [0.15, 0.2) is 0 Å². The Bertz CT molecular complexity index is 399. The van der Waals surface area contributed by atoms with Crippen molar-refractivity contribution in [2.75, 3.05) is 6.54 Å². The minimum atomic E-state index is -0.905. The number of carboxylic acid groups (broad SMARTS) is 1. The van der Waals surface area contributed by atoms with E-state index in [4.69, 9.17) is 5.73 Å². The maximum absolute atomic E-state index is 12.8. The van der Waals surface area contributed by atoms with Gasteiger partial charge in [0.25, 0.3) is 0 Å². The van der Waals surface area contributed by atoms with Gasteiger partial charge in [0.2, 0.25) is 5.91 Å². The third-order valence-electron chi connectivity index (χ3n) is 4.91. The molecule has 3 N–H and O–H groups in total.